The van der Waals surface area contributed by atoms with Crippen LogP contribution < -0.4 is 10.5 Å². The van der Waals surface area contributed by atoms with Gasteiger partial charge in [0, 0.05) is 5.56 Å². The number of nitrogens with one attached hydrogen (secondary N) is 1. The SMILES string of the molecule is Cc1cccc(NS(=O)(=O)CCOCCOC(N)=O)c1[N+](=O)[O-]. The molecule has 10 nitrogen and oxygen atoms in total. The Hall–Kier alpha value is -2.40. The van der Waals surface area contributed by atoms with Gasteiger partial charge < -0.3 is 15.2 Å². The summed E-state index contributed by atoms with van der Waals surface area (Å²) in [4.78, 5) is 20.7. The molecule has 0 aliphatic carbocycles. The number of primary amides is 1. The lowest BCUT2D eigenvalue weighted by Gasteiger charge is -2.10. The highest BCUT2D eigenvalue weighted by atomic mass is 32.2. The summed E-state index contributed by atoms with van der Waals surface area (Å²) < 4.78 is 35.4. The van der Waals surface area contributed by atoms with Gasteiger partial charge >= 0.3 is 6.09 Å². The van der Waals surface area contributed by atoms with E-state index in [0.717, 1.165) is 0 Å². The van der Waals surface area contributed by atoms with Crippen LogP contribution in [0.2, 0.25) is 0 Å². The first-order valence-electron chi connectivity index (χ1n) is 6.47. The zero-order valence-electron chi connectivity index (χ0n) is 12.4. The molecule has 1 aromatic rings. The van der Waals surface area contributed by atoms with Crippen LogP contribution >= 0.6 is 0 Å². The second-order valence-corrected chi connectivity index (χ2v) is 6.27. The van der Waals surface area contributed by atoms with Crippen LogP contribution in [0.3, 0.4) is 0 Å². The Morgan fingerprint density at radius 1 is 1.35 bits per heavy atom. The van der Waals surface area contributed by atoms with Gasteiger partial charge in [0.15, 0.2) is 0 Å². The van der Waals surface area contributed by atoms with Crippen molar-refractivity contribution in [1.29, 1.82) is 0 Å². The molecule has 0 atom stereocenters. The van der Waals surface area contributed by atoms with Crippen molar-refractivity contribution in [2.24, 2.45) is 5.73 Å². The van der Waals surface area contributed by atoms with E-state index in [1.54, 1.807) is 0 Å². The number of rotatable bonds is 9. The van der Waals surface area contributed by atoms with Gasteiger partial charge in [0.05, 0.1) is 23.9 Å². The fraction of sp³-hybridized carbons (Fsp3) is 0.417. The number of ether oxygens (including phenoxy) is 2. The number of aryl methyl sites for hydroxylation is 1. The van der Waals surface area contributed by atoms with E-state index in [1.807, 2.05) is 0 Å². The van der Waals surface area contributed by atoms with Crippen LogP contribution in [0, 0.1) is 17.0 Å². The Morgan fingerprint density at radius 2 is 2.04 bits per heavy atom. The predicted molar refractivity (Wildman–Crippen MR) is 81.6 cm³/mol. The van der Waals surface area contributed by atoms with E-state index in [0.29, 0.717) is 5.56 Å². The molecule has 0 saturated carbocycles. The molecule has 1 rings (SSSR count). The monoisotopic (exact) mass is 347 g/mol. The zero-order chi connectivity index (χ0) is 17.5. The summed E-state index contributed by atoms with van der Waals surface area (Å²) in [7, 11) is -3.82. The Morgan fingerprint density at radius 3 is 2.65 bits per heavy atom. The number of carbonyl (C=O) groups is 1. The average molecular weight is 347 g/mol. The minimum absolute atomic E-state index is 0.0109. The van der Waals surface area contributed by atoms with Crippen molar-refractivity contribution in [2.45, 2.75) is 6.92 Å². The van der Waals surface area contributed by atoms with E-state index < -0.39 is 26.8 Å². The number of benzene rings is 1. The molecule has 0 spiro atoms. The molecular formula is C12H17N3O7S. The van der Waals surface area contributed by atoms with Gasteiger partial charge in [-0.3, -0.25) is 14.8 Å². The normalized spacial score (nSPS) is 11.0. The fourth-order valence-electron chi connectivity index (χ4n) is 1.67. The first-order chi connectivity index (χ1) is 10.7. The van der Waals surface area contributed by atoms with E-state index in [2.05, 4.69) is 9.46 Å². The highest BCUT2D eigenvalue weighted by Crippen LogP contribution is 2.28. The molecular weight excluding hydrogens is 330 g/mol. The molecule has 0 aromatic heterocycles. The Labute approximate surface area is 132 Å². The molecule has 11 heteroatoms. The molecule has 3 N–H and O–H groups in total. The molecule has 1 aromatic carbocycles. The second-order valence-electron chi connectivity index (χ2n) is 4.43. The number of hydrogen-bond donors (Lipinski definition) is 2. The highest BCUT2D eigenvalue weighted by molar-refractivity contribution is 7.92. The number of nitrogens with two attached hydrogens (primary N) is 1. The molecule has 0 heterocycles. The van der Waals surface area contributed by atoms with Gasteiger partial charge in [0.1, 0.15) is 12.3 Å². The second kappa shape index (κ2) is 8.29. The average Bonchev–Trinajstić information content (AvgIpc) is 2.41. The highest BCUT2D eigenvalue weighted by Gasteiger charge is 2.21. The molecule has 0 unspecified atom stereocenters. The molecule has 23 heavy (non-hydrogen) atoms. The van der Waals surface area contributed by atoms with Crippen LogP contribution in [-0.4, -0.2) is 45.0 Å². The number of para-hydroxylation sites is 1. The fourth-order valence-corrected chi connectivity index (χ4v) is 2.61. The van der Waals surface area contributed by atoms with E-state index in [1.165, 1.54) is 25.1 Å². The van der Waals surface area contributed by atoms with Crippen molar-refractivity contribution >= 4 is 27.5 Å². The van der Waals surface area contributed by atoms with E-state index in [9.17, 15) is 23.3 Å². The van der Waals surface area contributed by atoms with E-state index in [-0.39, 0.29) is 31.2 Å². The van der Waals surface area contributed by atoms with Crippen LogP contribution in [0.4, 0.5) is 16.2 Å². The topological polar surface area (TPSA) is 151 Å². The summed E-state index contributed by atoms with van der Waals surface area (Å²) in [6, 6.07) is 4.33. The summed E-state index contributed by atoms with van der Waals surface area (Å²) >= 11 is 0. The lowest BCUT2D eigenvalue weighted by molar-refractivity contribution is -0.384. The minimum Gasteiger partial charge on any atom is -0.447 e. The maximum absolute atomic E-state index is 11.9. The third kappa shape index (κ3) is 6.48. The number of amides is 1. The molecule has 0 bridgehead atoms. The molecule has 0 saturated heterocycles. The molecule has 0 aliphatic rings. The number of anilines is 1. The maximum Gasteiger partial charge on any atom is 0.404 e. The first kappa shape index (κ1) is 18.6. The summed E-state index contributed by atoms with van der Waals surface area (Å²) in [5, 5.41) is 11.0. The first-order valence-corrected chi connectivity index (χ1v) is 8.12. The maximum atomic E-state index is 11.9. The molecule has 0 fully saturated rings. The summed E-state index contributed by atoms with van der Waals surface area (Å²) in [5.74, 6) is -0.408. The van der Waals surface area contributed by atoms with Gasteiger partial charge in [-0.1, -0.05) is 12.1 Å². The smallest absolute Gasteiger partial charge is 0.404 e. The van der Waals surface area contributed by atoms with Gasteiger partial charge in [-0.05, 0) is 13.0 Å². The summed E-state index contributed by atoms with van der Waals surface area (Å²) in [6.07, 6.45) is -0.949. The number of nitro groups is 1. The van der Waals surface area contributed by atoms with Crippen LogP contribution in [0.1, 0.15) is 5.56 Å². The molecule has 0 aliphatic heterocycles. The molecule has 0 radical (unpaired) electrons. The molecule has 128 valence electrons. The van der Waals surface area contributed by atoms with Crippen LogP contribution in [-0.2, 0) is 19.5 Å². The van der Waals surface area contributed by atoms with Crippen molar-refractivity contribution in [3.05, 3.63) is 33.9 Å². The van der Waals surface area contributed by atoms with E-state index in [4.69, 9.17) is 10.5 Å². The molecule has 1 amide bonds. The van der Waals surface area contributed by atoms with E-state index >= 15 is 0 Å². The van der Waals surface area contributed by atoms with Crippen molar-refractivity contribution < 1.29 is 27.6 Å². The van der Waals surface area contributed by atoms with Gasteiger partial charge in [0.25, 0.3) is 5.69 Å². The lowest BCUT2D eigenvalue weighted by atomic mass is 10.2. The van der Waals surface area contributed by atoms with Crippen molar-refractivity contribution in [2.75, 3.05) is 30.3 Å². The lowest BCUT2D eigenvalue weighted by Crippen LogP contribution is -2.22. The van der Waals surface area contributed by atoms with Crippen LogP contribution in [0.15, 0.2) is 18.2 Å². The van der Waals surface area contributed by atoms with Gasteiger partial charge in [-0.2, -0.15) is 0 Å². The third-order valence-electron chi connectivity index (χ3n) is 2.65. The van der Waals surface area contributed by atoms with Crippen molar-refractivity contribution in [1.82, 2.24) is 0 Å². The Kier molecular flexibility index (Phi) is 6.72. The number of sulfonamides is 1. The zero-order valence-corrected chi connectivity index (χ0v) is 13.2. The standard InChI is InChI=1S/C12H17N3O7S/c1-9-3-2-4-10(11(9)15(17)18)14-23(19,20)8-7-21-5-6-22-12(13)16/h2-4,14H,5-8H2,1H3,(H2,13,16). The Balaban J connectivity index is 2.58. The summed E-state index contributed by atoms with van der Waals surface area (Å²) in [5.41, 5.74) is 4.67. The predicted octanol–water partition coefficient (Wildman–Crippen LogP) is 0.757. The largest absolute Gasteiger partial charge is 0.447 e. The number of nitro benzene ring substituents is 1. The minimum atomic E-state index is -3.82. The van der Waals surface area contributed by atoms with Crippen molar-refractivity contribution in [3.8, 4) is 0 Å². The van der Waals surface area contributed by atoms with Crippen LogP contribution in [0.5, 0.6) is 0 Å². The van der Waals surface area contributed by atoms with Gasteiger partial charge in [-0.15, -0.1) is 0 Å². The number of nitrogens with zero attached hydrogens (tertiary/aromatic N) is 1. The summed E-state index contributed by atoms with van der Waals surface area (Å²) in [6.45, 7) is 1.24. The third-order valence-corrected chi connectivity index (χ3v) is 3.89. The number of hydrogen-bond acceptors (Lipinski definition) is 7. The van der Waals surface area contributed by atoms with Crippen molar-refractivity contribution in [3.63, 3.8) is 0 Å². The number of carbonyl (C=O) groups excluding carboxylic acids is 1. The Bertz CT molecular complexity index is 675. The van der Waals surface area contributed by atoms with Gasteiger partial charge in [0.2, 0.25) is 10.0 Å². The van der Waals surface area contributed by atoms with Crippen LogP contribution in [0.25, 0.3) is 0 Å². The van der Waals surface area contributed by atoms with Gasteiger partial charge in [-0.25, -0.2) is 13.2 Å². The quantitative estimate of drug-likeness (QED) is 0.380.